The van der Waals surface area contributed by atoms with Crippen LogP contribution in [-0.2, 0) is 17.9 Å². The lowest BCUT2D eigenvalue weighted by Gasteiger charge is -2.10. The van der Waals surface area contributed by atoms with Crippen molar-refractivity contribution >= 4 is 16.8 Å². The van der Waals surface area contributed by atoms with E-state index in [4.69, 9.17) is 0 Å². The quantitative estimate of drug-likeness (QED) is 0.820. The summed E-state index contributed by atoms with van der Waals surface area (Å²) >= 11 is 0. The highest BCUT2D eigenvalue weighted by Crippen LogP contribution is 2.23. The van der Waals surface area contributed by atoms with Crippen LogP contribution in [0.5, 0.6) is 0 Å². The molecule has 0 bridgehead atoms. The number of hydrogen-bond acceptors (Lipinski definition) is 2. The first kappa shape index (κ1) is 14.1. The van der Waals surface area contributed by atoms with E-state index < -0.39 is 0 Å². The Morgan fingerprint density at radius 2 is 2.19 bits per heavy atom. The number of para-hydroxylation sites is 1. The van der Waals surface area contributed by atoms with Gasteiger partial charge in [-0.25, -0.2) is 0 Å². The second kappa shape index (κ2) is 6.31. The number of nitrogens with zero attached hydrogens (tertiary/aromatic N) is 1. The largest absolute Gasteiger partial charge is 0.356 e. The second-order valence-corrected chi connectivity index (χ2v) is 5.72. The number of aryl methyl sites for hydroxylation is 1. The molecule has 4 nitrogen and oxygen atoms in total. The molecule has 0 radical (unpaired) electrons. The molecule has 1 aromatic heterocycles. The van der Waals surface area contributed by atoms with Crippen molar-refractivity contribution in [2.45, 2.75) is 45.3 Å². The second-order valence-electron chi connectivity index (χ2n) is 5.72. The first-order chi connectivity index (χ1) is 10.3. The smallest absolute Gasteiger partial charge is 0.221 e. The molecule has 1 fully saturated rings. The zero-order valence-electron chi connectivity index (χ0n) is 12.6. The lowest BCUT2D eigenvalue weighted by molar-refractivity contribution is -0.121. The van der Waals surface area contributed by atoms with Crippen molar-refractivity contribution < 1.29 is 4.79 Å². The molecule has 21 heavy (non-hydrogen) atoms. The zero-order chi connectivity index (χ0) is 14.7. The number of carbonyl (C=O) groups is 1. The van der Waals surface area contributed by atoms with Crippen LogP contribution in [0.2, 0.25) is 0 Å². The van der Waals surface area contributed by atoms with Crippen LogP contribution in [-0.4, -0.2) is 23.1 Å². The summed E-state index contributed by atoms with van der Waals surface area (Å²) in [5.41, 5.74) is 2.58. The highest BCUT2D eigenvalue weighted by Gasteiger charge is 2.20. The molecule has 1 aliphatic rings. The van der Waals surface area contributed by atoms with E-state index in [0.717, 1.165) is 13.1 Å². The lowest BCUT2D eigenvalue weighted by Crippen LogP contribution is -2.23. The summed E-state index contributed by atoms with van der Waals surface area (Å²) in [5.74, 6) is 0.118. The van der Waals surface area contributed by atoms with Crippen molar-refractivity contribution in [1.82, 2.24) is 15.2 Å². The van der Waals surface area contributed by atoms with Crippen molar-refractivity contribution in [2.24, 2.45) is 0 Å². The van der Waals surface area contributed by atoms with Crippen molar-refractivity contribution in [2.75, 3.05) is 6.54 Å². The van der Waals surface area contributed by atoms with Gasteiger partial charge in [0.25, 0.3) is 0 Å². The Kier molecular flexibility index (Phi) is 4.25. The Balaban J connectivity index is 1.76. The molecule has 0 unspecified atom stereocenters. The Bertz CT molecular complexity index is 628. The summed E-state index contributed by atoms with van der Waals surface area (Å²) < 4.78 is 2.20. The van der Waals surface area contributed by atoms with Gasteiger partial charge in [0.1, 0.15) is 0 Å². The molecule has 0 saturated heterocycles. The van der Waals surface area contributed by atoms with Crippen LogP contribution >= 0.6 is 0 Å². The first-order valence-electron chi connectivity index (χ1n) is 7.84. The normalized spacial score (nSPS) is 14.5. The van der Waals surface area contributed by atoms with Crippen LogP contribution in [0, 0.1) is 0 Å². The Morgan fingerprint density at radius 3 is 2.95 bits per heavy atom. The first-order valence-corrected chi connectivity index (χ1v) is 7.84. The number of hydrogen-bond donors (Lipinski definition) is 2. The van der Waals surface area contributed by atoms with Gasteiger partial charge in [-0.1, -0.05) is 18.2 Å². The number of nitrogens with one attached hydrogen (secondary N) is 2. The fourth-order valence-electron chi connectivity index (χ4n) is 2.72. The number of benzene rings is 1. The third kappa shape index (κ3) is 3.45. The van der Waals surface area contributed by atoms with E-state index in [9.17, 15) is 4.79 Å². The Morgan fingerprint density at radius 1 is 1.33 bits per heavy atom. The predicted octanol–water partition coefficient (Wildman–Crippen LogP) is 2.42. The fraction of sp³-hybridized carbons (Fsp3) is 0.471. The number of aromatic nitrogens is 1. The molecular formula is C17H23N3O. The maximum atomic E-state index is 11.6. The van der Waals surface area contributed by atoms with E-state index >= 15 is 0 Å². The SMILES string of the molecule is CCNC(=O)CCn1ccc2cccc(CNC3CC3)c21. The average molecular weight is 285 g/mol. The zero-order valence-corrected chi connectivity index (χ0v) is 12.6. The molecule has 1 saturated carbocycles. The number of rotatable bonds is 7. The third-order valence-corrected chi connectivity index (χ3v) is 3.98. The highest BCUT2D eigenvalue weighted by molar-refractivity contribution is 5.83. The minimum Gasteiger partial charge on any atom is -0.356 e. The molecule has 1 amide bonds. The van der Waals surface area contributed by atoms with Crippen molar-refractivity contribution in [3.05, 3.63) is 36.0 Å². The van der Waals surface area contributed by atoms with Gasteiger partial charge in [0, 0.05) is 38.3 Å². The molecule has 112 valence electrons. The third-order valence-electron chi connectivity index (χ3n) is 3.98. The van der Waals surface area contributed by atoms with Crippen LogP contribution in [0.4, 0.5) is 0 Å². The van der Waals surface area contributed by atoms with Crippen LogP contribution in [0.1, 0.15) is 31.7 Å². The van der Waals surface area contributed by atoms with Crippen molar-refractivity contribution in [3.8, 4) is 0 Å². The van der Waals surface area contributed by atoms with Gasteiger partial charge in [-0.15, -0.1) is 0 Å². The Hall–Kier alpha value is -1.81. The van der Waals surface area contributed by atoms with Gasteiger partial charge in [0.2, 0.25) is 5.91 Å². The summed E-state index contributed by atoms with van der Waals surface area (Å²) in [6.07, 6.45) is 5.22. The van der Waals surface area contributed by atoms with E-state index in [-0.39, 0.29) is 5.91 Å². The van der Waals surface area contributed by atoms with Gasteiger partial charge in [0.15, 0.2) is 0 Å². The minimum atomic E-state index is 0.118. The van der Waals surface area contributed by atoms with Crippen LogP contribution in [0.3, 0.4) is 0 Å². The summed E-state index contributed by atoms with van der Waals surface area (Å²) in [5, 5.41) is 7.68. The molecule has 0 atom stereocenters. The van der Waals surface area contributed by atoms with Crippen LogP contribution in [0.25, 0.3) is 10.9 Å². The number of amides is 1. The molecule has 1 aromatic carbocycles. The van der Waals surface area contributed by atoms with Crippen LogP contribution in [0.15, 0.2) is 30.5 Å². The standard InChI is InChI=1S/C17H23N3O/c1-2-18-16(21)9-11-20-10-8-13-4-3-5-14(17(13)20)12-19-15-6-7-15/h3-5,8,10,15,19H,2,6-7,9,11-12H2,1H3,(H,18,21). The fourth-order valence-corrected chi connectivity index (χ4v) is 2.72. The van der Waals surface area contributed by atoms with Gasteiger partial charge in [-0.3, -0.25) is 4.79 Å². The van der Waals surface area contributed by atoms with E-state index in [1.54, 1.807) is 0 Å². The summed E-state index contributed by atoms with van der Waals surface area (Å²) in [4.78, 5) is 11.6. The van der Waals surface area contributed by atoms with Gasteiger partial charge in [0.05, 0.1) is 5.52 Å². The van der Waals surface area contributed by atoms with Crippen molar-refractivity contribution in [3.63, 3.8) is 0 Å². The van der Waals surface area contributed by atoms with Crippen LogP contribution < -0.4 is 10.6 Å². The van der Waals surface area contributed by atoms with Gasteiger partial charge < -0.3 is 15.2 Å². The molecule has 3 rings (SSSR count). The average Bonchev–Trinajstić information content (AvgIpc) is 3.22. The lowest BCUT2D eigenvalue weighted by atomic mass is 10.1. The number of carbonyl (C=O) groups excluding carboxylic acids is 1. The molecule has 2 aromatic rings. The molecular weight excluding hydrogens is 262 g/mol. The maximum absolute atomic E-state index is 11.6. The van der Waals surface area contributed by atoms with Crippen molar-refractivity contribution in [1.29, 1.82) is 0 Å². The molecule has 4 heteroatoms. The monoisotopic (exact) mass is 285 g/mol. The van der Waals surface area contributed by atoms with E-state index in [1.807, 2.05) is 6.92 Å². The summed E-state index contributed by atoms with van der Waals surface area (Å²) in [7, 11) is 0. The number of fused-ring (bicyclic) bond motifs is 1. The van der Waals surface area contributed by atoms with Gasteiger partial charge in [-0.05, 0) is 36.8 Å². The molecule has 0 aliphatic heterocycles. The van der Waals surface area contributed by atoms with E-state index in [0.29, 0.717) is 19.0 Å². The predicted molar refractivity (Wildman–Crippen MR) is 85.1 cm³/mol. The topological polar surface area (TPSA) is 46.1 Å². The highest BCUT2D eigenvalue weighted by atomic mass is 16.1. The van der Waals surface area contributed by atoms with E-state index in [2.05, 4.69) is 45.7 Å². The van der Waals surface area contributed by atoms with Gasteiger partial charge in [-0.2, -0.15) is 0 Å². The summed E-state index contributed by atoms with van der Waals surface area (Å²) in [6, 6.07) is 9.27. The Labute approximate surface area is 125 Å². The molecule has 1 heterocycles. The minimum absolute atomic E-state index is 0.118. The maximum Gasteiger partial charge on any atom is 0.221 e. The molecule has 2 N–H and O–H groups in total. The molecule has 0 spiro atoms. The van der Waals surface area contributed by atoms with E-state index in [1.165, 1.54) is 29.3 Å². The molecule has 1 aliphatic carbocycles. The van der Waals surface area contributed by atoms with Gasteiger partial charge >= 0.3 is 0 Å². The summed E-state index contributed by atoms with van der Waals surface area (Å²) in [6.45, 7) is 4.29.